The molecule has 2 aliphatic rings. The number of fused-ring (bicyclic) bond motifs is 1. The maximum Gasteiger partial charge on any atom is 0.338 e. The largest absolute Gasteiger partial charge is 0.460 e. The van der Waals surface area contributed by atoms with Crippen LogP contribution in [0, 0.1) is 27.8 Å². The summed E-state index contributed by atoms with van der Waals surface area (Å²) in [6.45, 7) is 5.55. The van der Waals surface area contributed by atoms with E-state index in [0.29, 0.717) is 47.5 Å². The van der Waals surface area contributed by atoms with Crippen molar-refractivity contribution < 1.29 is 28.3 Å². The molecule has 5 rings (SSSR count). The average molecular weight is 521 g/mol. The summed E-state index contributed by atoms with van der Waals surface area (Å²) in [5.41, 5.74) is 2.05. The summed E-state index contributed by atoms with van der Waals surface area (Å²) in [4.78, 5) is 26.3. The lowest BCUT2D eigenvalue weighted by atomic mass is 9.91. The normalized spacial score (nSPS) is 20.8. The quantitative estimate of drug-likeness (QED) is 0.218. The van der Waals surface area contributed by atoms with Crippen LogP contribution in [0.2, 0.25) is 0 Å². The van der Waals surface area contributed by atoms with E-state index in [0.717, 1.165) is 12.0 Å². The van der Waals surface area contributed by atoms with E-state index in [1.54, 1.807) is 6.07 Å². The number of esters is 1. The third-order valence-corrected chi connectivity index (χ3v) is 6.87. The number of nitro benzene ring substituents is 1. The van der Waals surface area contributed by atoms with Gasteiger partial charge >= 0.3 is 5.97 Å². The van der Waals surface area contributed by atoms with Gasteiger partial charge in [-0.25, -0.2) is 9.18 Å². The van der Waals surface area contributed by atoms with E-state index in [2.05, 4.69) is 13.8 Å². The highest BCUT2D eigenvalue weighted by Gasteiger charge is 2.29. The highest BCUT2D eigenvalue weighted by molar-refractivity contribution is 5.91. The zero-order chi connectivity index (χ0) is 26.8. The Morgan fingerprint density at radius 1 is 1.11 bits per heavy atom. The molecule has 198 valence electrons. The molecular formula is C29H29FN2O6. The van der Waals surface area contributed by atoms with Crippen LogP contribution in [0.5, 0.6) is 5.75 Å². The molecule has 0 saturated carbocycles. The van der Waals surface area contributed by atoms with Crippen molar-refractivity contribution >= 4 is 17.3 Å². The molecule has 0 amide bonds. The predicted octanol–water partition coefficient (Wildman–Crippen LogP) is 6.18. The van der Waals surface area contributed by atoms with E-state index in [-0.39, 0.29) is 24.5 Å². The van der Waals surface area contributed by atoms with Crippen LogP contribution in [0.4, 0.5) is 15.8 Å². The molecule has 3 atom stereocenters. The highest BCUT2D eigenvalue weighted by atomic mass is 19.1. The predicted molar refractivity (Wildman–Crippen MR) is 138 cm³/mol. The first kappa shape index (κ1) is 25.7. The van der Waals surface area contributed by atoms with Gasteiger partial charge in [-0.05, 0) is 42.5 Å². The van der Waals surface area contributed by atoms with Crippen molar-refractivity contribution in [3.63, 3.8) is 0 Å². The van der Waals surface area contributed by atoms with Crippen LogP contribution in [0.1, 0.15) is 53.6 Å². The molecule has 0 radical (unpaired) electrons. The van der Waals surface area contributed by atoms with E-state index in [1.165, 1.54) is 24.3 Å². The molecule has 0 aliphatic carbocycles. The second kappa shape index (κ2) is 10.8. The number of nitro groups is 1. The van der Waals surface area contributed by atoms with Gasteiger partial charge in [0, 0.05) is 35.8 Å². The Morgan fingerprint density at radius 2 is 1.84 bits per heavy atom. The topological polar surface area (TPSA) is 91.1 Å². The van der Waals surface area contributed by atoms with Crippen LogP contribution in [0.15, 0.2) is 60.7 Å². The van der Waals surface area contributed by atoms with Gasteiger partial charge in [-0.2, -0.15) is 0 Å². The number of hydrogen-bond donors (Lipinski definition) is 0. The summed E-state index contributed by atoms with van der Waals surface area (Å²) in [6, 6.07) is 16.3. The van der Waals surface area contributed by atoms with Crippen LogP contribution < -0.4 is 9.64 Å². The Morgan fingerprint density at radius 3 is 2.55 bits per heavy atom. The van der Waals surface area contributed by atoms with Gasteiger partial charge in [0.1, 0.15) is 23.9 Å². The Labute approximate surface area is 220 Å². The first-order chi connectivity index (χ1) is 18.3. The van der Waals surface area contributed by atoms with Gasteiger partial charge in [-0.1, -0.05) is 44.2 Å². The minimum absolute atomic E-state index is 0.0511. The number of ether oxygens (including phenoxy) is 3. The molecule has 0 N–H and O–H groups in total. The van der Waals surface area contributed by atoms with Crippen LogP contribution in [0.25, 0.3) is 0 Å². The number of halogens is 1. The smallest absolute Gasteiger partial charge is 0.338 e. The summed E-state index contributed by atoms with van der Waals surface area (Å²) in [5.74, 6) is -0.0348. The summed E-state index contributed by atoms with van der Waals surface area (Å²) in [7, 11) is 0. The minimum Gasteiger partial charge on any atom is -0.460 e. The molecule has 3 aromatic carbocycles. The lowest BCUT2D eigenvalue weighted by Gasteiger charge is -2.36. The van der Waals surface area contributed by atoms with Crippen molar-refractivity contribution in [3.8, 4) is 5.75 Å². The van der Waals surface area contributed by atoms with E-state index in [9.17, 15) is 19.3 Å². The summed E-state index contributed by atoms with van der Waals surface area (Å²) >= 11 is 0. The Hall–Kier alpha value is -3.98. The monoisotopic (exact) mass is 520 g/mol. The summed E-state index contributed by atoms with van der Waals surface area (Å²) < 4.78 is 31.5. The Kier molecular flexibility index (Phi) is 7.28. The van der Waals surface area contributed by atoms with Gasteiger partial charge in [-0.3, -0.25) is 10.1 Å². The van der Waals surface area contributed by atoms with Crippen molar-refractivity contribution in [1.82, 2.24) is 0 Å². The SMILES string of the molecule is C[C@@H]1C[C@@H](C)CN(c2ccc(C(=O)OCc3cc(F)cc4c3O[C@H](c3ccccc3)OC4)cc2[N+](=O)[O-])C1. The summed E-state index contributed by atoms with van der Waals surface area (Å²) in [6.07, 6.45) is 0.388. The van der Waals surface area contributed by atoms with Gasteiger partial charge in [0.05, 0.1) is 17.1 Å². The van der Waals surface area contributed by atoms with Crippen LogP contribution in [0.3, 0.4) is 0 Å². The number of carbonyl (C=O) groups is 1. The molecule has 8 nitrogen and oxygen atoms in total. The molecule has 0 bridgehead atoms. The minimum atomic E-state index is -0.746. The number of anilines is 1. The number of piperidine rings is 1. The van der Waals surface area contributed by atoms with Crippen molar-refractivity contribution in [2.45, 2.75) is 39.8 Å². The second-order valence-electron chi connectivity index (χ2n) is 10.1. The van der Waals surface area contributed by atoms with Gasteiger partial charge in [-0.15, -0.1) is 0 Å². The average Bonchev–Trinajstić information content (AvgIpc) is 2.90. The van der Waals surface area contributed by atoms with Crippen LogP contribution in [-0.4, -0.2) is 24.0 Å². The Bertz CT molecular complexity index is 1340. The number of nitrogens with zero attached hydrogens (tertiary/aromatic N) is 2. The van der Waals surface area contributed by atoms with Crippen molar-refractivity contribution in [1.29, 1.82) is 0 Å². The fraction of sp³-hybridized carbons (Fsp3) is 0.345. The fourth-order valence-corrected chi connectivity index (χ4v) is 5.31. The molecule has 2 aliphatic heterocycles. The lowest BCUT2D eigenvalue weighted by Crippen LogP contribution is -2.39. The van der Waals surface area contributed by atoms with Crippen molar-refractivity contribution in [3.05, 3.63) is 98.8 Å². The maximum atomic E-state index is 14.3. The lowest BCUT2D eigenvalue weighted by molar-refractivity contribution is -0.384. The zero-order valence-corrected chi connectivity index (χ0v) is 21.3. The van der Waals surface area contributed by atoms with Gasteiger partial charge in [0.2, 0.25) is 6.29 Å². The molecular weight excluding hydrogens is 491 g/mol. The molecule has 1 fully saturated rings. The van der Waals surface area contributed by atoms with Crippen LogP contribution >= 0.6 is 0 Å². The van der Waals surface area contributed by atoms with Gasteiger partial charge in [0.25, 0.3) is 5.69 Å². The van der Waals surface area contributed by atoms with E-state index in [4.69, 9.17) is 14.2 Å². The second-order valence-corrected chi connectivity index (χ2v) is 10.1. The van der Waals surface area contributed by atoms with Gasteiger partial charge < -0.3 is 19.1 Å². The van der Waals surface area contributed by atoms with Crippen molar-refractivity contribution in [2.75, 3.05) is 18.0 Å². The molecule has 9 heteroatoms. The zero-order valence-electron chi connectivity index (χ0n) is 21.3. The molecule has 0 spiro atoms. The summed E-state index contributed by atoms with van der Waals surface area (Å²) in [5, 5.41) is 11.9. The molecule has 0 unspecified atom stereocenters. The van der Waals surface area contributed by atoms with E-state index in [1.807, 2.05) is 35.2 Å². The van der Waals surface area contributed by atoms with Crippen molar-refractivity contribution in [2.24, 2.45) is 11.8 Å². The third-order valence-electron chi connectivity index (χ3n) is 6.87. The van der Waals surface area contributed by atoms with Crippen LogP contribution in [-0.2, 0) is 22.7 Å². The Balaban J connectivity index is 1.34. The first-order valence-corrected chi connectivity index (χ1v) is 12.6. The molecule has 3 aromatic rings. The number of carbonyl (C=O) groups excluding carboxylic acids is 1. The molecule has 0 aromatic heterocycles. The number of hydrogen-bond acceptors (Lipinski definition) is 7. The van der Waals surface area contributed by atoms with E-state index < -0.39 is 23.0 Å². The van der Waals surface area contributed by atoms with E-state index >= 15 is 0 Å². The first-order valence-electron chi connectivity index (χ1n) is 12.6. The third kappa shape index (κ3) is 5.47. The fourth-order valence-electron chi connectivity index (χ4n) is 5.31. The molecule has 2 heterocycles. The molecule has 38 heavy (non-hydrogen) atoms. The number of benzene rings is 3. The maximum absolute atomic E-state index is 14.3. The van der Waals surface area contributed by atoms with Gasteiger partial charge in [0.15, 0.2) is 0 Å². The highest BCUT2D eigenvalue weighted by Crippen LogP contribution is 2.37. The number of rotatable bonds is 6. The standard InChI is InChI=1S/C29H29FN2O6/c1-18-10-19(2)15-31(14-18)25-9-8-21(13-26(25)32(34)35)28(33)36-16-22-11-24(30)12-23-17-37-29(38-27(22)23)20-6-4-3-5-7-20/h3-9,11-13,18-19,29H,10,14-17H2,1-2H3/t18-,19-,29-/m1/s1. The molecule has 1 saturated heterocycles.